The third-order valence-electron chi connectivity index (χ3n) is 5.78. The van der Waals surface area contributed by atoms with Gasteiger partial charge in [0.25, 0.3) is 5.91 Å². The van der Waals surface area contributed by atoms with Crippen LogP contribution in [-0.4, -0.2) is 54.9 Å². The molecule has 2 aromatic heterocycles. The Hall–Kier alpha value is -4.02. The van der Waals surface area contributed by atoms with Crippen LogP contribution < -0.4 is 10.6 Å². The number of rotatable bonds is 6. The predicted molar refractivity (Wildman–Crippen MR) is 125 cm³/mol. The number of para-hydroxylation sites is 1. The number of aromatic hydroxyl groups is 1. The average Bonchev–Trinajstić information content (AvgIpc) is 3.46. The predicted octanol–water partition coefficient (Wildman–Crippen LogP) is 2.21. The lowest BCUT2D eigenvalue weighted by atomic mass is 10.1. The number of phenolic OH excluding ortho intramolecular Hbond substituents is 1. The number of phenols is 1. The van der Waals surface area contributed by atoms with Crippen molar-refractivity contribution >= 4 is 22.9 Å². The second-order valence-electron chi connectivity index (χ2n) is 8.00. The van der Waals surface area contributed by atoms with Crippen LogP contribution in [0.5, 0.6) is 5.75 Å². The number of aliphatic hydroxyl groups excluding tert-OH is 1. The van der Waals surface area contributed by atoms with Crippen molar-refractivity contribution in [2.24, 2.45) is 0 Å². The fourth-order valence-corrected chi connectivity index (χ4v) is 4.02. The van der Waals surface area contributed by atoms with E-state index in [0.717, 1.165) is 5.56 Å². The molecule has 10 nitrogen and oxygen atoms in total. The van der Waals surface area contributed by atoms with Crippen molar-refractivity contribution in [3.63, 3.8) is 0 Å². The number of nitrogens with one attached hydrogen (secondary N) is 2. The molecule has 1 fully saturated rings. The second-order valence-corrected chi connectivity index (χ2v) is 8.00. The number of likely N-dealkylation sites (N-methyl/N-ethyl adjacent to an activating group) is 1. The molecular weight excluding hydrogens is 436 g/mol. The third kappa shape index (κ3) is 4.04. The SMILES string of the molecule is CNC(=O)[C@H]1O[C@@H](n2cnc3c(NCc4ccccc4)nc(-c4ccccc4O)nc32)C[C@@H]1O. The molecule has 1 saturated heterocycles. The number of fused-ring (bicyclic) bond motifs is 1. The summed E-state index contributed by atoms with van der Waals surface area (Å²) >= 11 is 0. The Morgan fingerprint density at radius 1 is 1.15 bits per heavy atom. The molecule has 0 aliphatic carbocycles. The van der Waals surface area contributed by atoms with Gasteiger partial charge in [0.1, 0.15) is 12.0 Å². The molecule has 2 aromatic carbocycles. The van der Waals surface area contributed by atoms with Crippen LogP contribution in [0.15, 0.2) is 60.9 Å². The van der Waals surface area contributed by atoms with E-state index in [1.165, 1.54) is 7.05 Å². The maximum atomic E-state index is 12.1. The van der Waals surface area contributed by atoms with Crippen LogP contribution in [-0.2, 0) is 16.1 Å². The van der Waals surface area contributed by atoms with E-state index in [2.05, 4.69) is 25.6 Å². The summed E-state index contributed by atoms with van der Waals surface area (Å²) in [6.45, 7) is 0.511. The van der Waals surface area contributed by atoms with Crippen molar-refractivity contribution in [3.05, 3.63) is 66.5 Å². The molecule has 0 bridgehead atoms. The number of amides is 1. The van der Waals surface area contributed by atoms with Gasteiger partial charge in [-0.25, -0.2) is 15.0 Å². The van der Waals surface area contributed by atoms with E-state index in [1.54, 1.807) is 35.2 Å². The summed E-state index contributed by atoms with van der Waals surface area (Å²) in [4.78, 5) is 25.9. The molecular formula is C24H24N6O4. The lowest BCUT2D eigenvalue weighted by molar-refractivity contribution is -0.137. The van der Waals surface area contributed by atoms with Crippen LogP contribution in [0.3, 0.4) is 0 Å². The van der Waals surface area contributed by atoms with Gasteiger partial charge in [-0.05, 0) is 17.7 Å². The first kappa shape index (κ1) is 21.8. The van der Waals surface area contributed by atoms with Gasteiger partial charge in [-0.1, -0.05) is 42.5 Å². The maximum Gasteiger partial charge on any atom is 0.251 e. The highest BCUT2D eigenvalue weighted by molar-refractivity contribution is 5.86. The van der Waals surface area contributed by atoms with Crippen molar-refractivity contribution in [3.8, 4) is 17.1 Å². The Labute approximate surface area is 195 Å². The Morgan fingerprint density at radius 3 is 2.68 bits per heavy atom. The molecule has 0 radical (unpaired) electrons. The first-order valence-corrected chi connectivity index (χ1v) is 10.9. The molecule has 4 N–H and O–H groups in total. The highest BCUT2D eigenvalue weighted by Gasteiger charge is 2.40. The van der Waals surface area contributed by atoms with Crippen LogP contribution in [0.2, 0.25) is 0 Å². The zero-order valence-electron chi connectivity index (χ0n) is 18.4. The lowest BCUT2D eigenvalue weighted by Gasteiger charge is -2.15. The average molecular weight is 460 g/mol. The minimum Gasteiger partial charge on any atom is -0.507 e. The number of ether oxygens (including phenoxy) is 1. The normalized spacial score (nSPS) is 19.9. The van der Waals surface area contributed by atoms with Gasteiger partial charge in [0.05, 0.1) is 18.0 Å². The van der Waals surface area contributed by atoms with Gasteiger partial charge in [-0.15, -0.1) is 0 Å². The summed E-state index contributed by atoms with van der Waals surface area (Å²) in [6.07, 6.45) is -0.825. The Balaban J connectivity index is 1.57. The summed E-state index contributed by atoms with van der Waals surface area (Å²) in [7, 11) is 1.49. The summed E-state index contributed by atoms with van der Waals surface area (Å²) in [5.41, 5.74) is 2.50. The van der Waals surface area contributed by atoms with Gasteiger partial charge in [-0.3, -0.25) is 9.36 Å². The van der Waals surface area contributed by atoms with E-state index in [4.69, 9.17) is 4.74 Å². The van der Waals surface area contributed by atoms with Gasteiger partial charge in [-0.2, -0.15) is 0 Å². The van der Waals surface area contributed by atoms with Crippen LogP contribution in [0.25, 0.3) is 22.6 Å². The monoisotopic (exact) mass is 460 g/mol. The van der Waals surface area contributed by atoms with Crippen LogP contribution in [0.1, 0.15) is 18.2 Å². The highest BCUT2D eigenvalue weighted by Crippen LogP contribution is 2.34. The van der Waals surface area contributed by atoms with E-state index in [1.807, 2.05) is 30.3 Å². The molecule has 1 aliphatic heterocycles. The maximum absolute atomic E-state index is 12.1. The summed E-state index contributed by atoms with van der Waals surface area (Å²) in [5.74, 6) is 0.458. The van der Waals surface area contributed by atoms with Gasteiger partial charge >= 0.3 is 0 Å². The third-order valence-corrected chi connectivity index (χ3v) is 5.78. The number of hydrogen-bond acceptors (Lipinski definition) is 8. The molecule has 1 amide bonds. The number of aliphatic hydroxyl groups is 1. The van der Waals surface area contributed by atoms with Gasteiger partial charge < -0.3 is 25.6 Å². The summed E-state index contributed by atoms with van der Waals surface area (Å²) in [6, 6.07) is 16.7. The molecule has 5 rings (SSSR count). The standard InChI is InChI=1S/C24H24N6O4/c1-25-24(33)20-17(32)11-18(34-20)30-13-27-19-22(26-12-14-7-3-2-4-8-14)28-21(29-23(19)30)15-9-5-6-10-16(15)31/h2-10,13,17-18,20,31-32H,11-12H2,1H3,(H,25,33)(H,26,28,29)/t17-,18+,20-/m0/s1. The summed E-state index contributed by atoms with van der Waals surface area (Å²) in [5, 5.41) is 26.6. The molecule has 1 aliphatic rings. The van der Waals surface area contributed by atoms with E-state index < -0.39 is 24.3 Å². The Kier molecular flexibility index (Phi) is 5.83. The van der Waals surface area contributed by atoms with Crippen LogP contribution in [0, 0.1) is 0 Å². The molecule has 3 heterocycles. The smallest absolute Gasteiger partial charge is 0.251 e. The van der Waals surface area contributed by atoms with E-state index >= 15 is 0 Å². The van der Waals surface area contributed by atoms with E-state index in [-0.39, 0.29) is 12.2 Å². The number of carbonyl (C=O) groups excluding carboxylic acids is 1. The Morgan fingerprint density at radius 2 is 1.91 bits per heavy atom. The fourth-order valence-electron chi connectivity index (χ4n) is 4.02. The van der Waals surface area contributed by atoms with Crippen molar-refractivity contribution in [2.45, 2.75) is 31.4 Å². The fraction of sp³-hybridized carbons (Fsp3) is 0.250. The number of hydrogen-bond donors (Lipinski definition) is 4. The molecule has 3 atom stereocenters. The molecule has 0 saturated carbocycles. The molecule has 174 valence electrons. The van der Waals surface area contributed by atoms with Crippen molar-refractivity contribution < 1.29 is 19.7 Å². The van der Waals surface area contributed by atoms with Gasteiger partial charge in [0.2, 0.25) is 0 Å². The molecule has 0 unspecified atom stereocenters. The van der Waals surface area contributed by atoms with Crippen molar-refractivity contribution in [1.29, 1.82) is 0 Å². The number of carbonyl (C=O) groups is 1. The first-order valence-electron chi connectivity index (χ1n) is 10.9. The quantitative estimate of drug-likeness (QED) is 0.344. The number of benzene rings is 2. The number of anilines is 1. The summed E-state index contributed by atoms with van der Waals surface area (Å²) < 4.78 is 7.53. The van der Waals surface area contributed by atoms with E-state index in [9.17, 15) is 15.0 Å². The zero-order valence-corrected chi connectivity index (χ0v) is 18.4. The minimum atomic E-state index is -0.984. The first-order chi connectivity index (χ1) is 16.5. The highest BCUT2D eigenvalue weighted by atomic mass is 16.5. The topological polar surface area (TPSA) is 134 Å². The van der Waals surface area contributed by atoms with Gasteiger partial charge in [0, 0.05) is 20.0 Å². The largest absolute Gasteiger partial charge is 0.507 e. The Bertz CT molecular complexity index is 1330. The zero-order chi connectivity index (χ0) is 23.7. The van der Waals surface area contributed by atoms with Crippen molar-refractivity contribution in [2.75, 3.05) is 12.4 Å². The van der Waals surface area contributed by atoms with E-state index in [0.29, 0.717) is 34.9 Å². The number of aromatic nitrogens is 4. The van der Waals surface area contributed by atoms with Crippen LogP contribution >= 0.6 is 0 Å². The van der Waals surface area contributed by atoms with Crippen LogP contribution in [0.4, 0.5) is 5.82 Å². The number of imidazole rings is 1. The lowest BCUT2D eigenvalue weighted by Crippen LogP contribution is -2.38. The molecule has 0 spiro atoms. The number of nitrogens with zero attached hydrogens (tertiary/aromatic N) is 4. The van der Waals surface area contributed by atoms with Gasteiger partial charge in [0.15, 0.2) is 28.9 Å². The molecule has 4 aromatic rings. The minimum absolute atomic E-state index is 0.0501. The molecule has 34 heavy (non-hydrogen) atoms. The molecule has 10 heteroatoms. The van der Waals surface area contributed by atoms with Crippen molar-refractivity contribution in [1.82, 2.24) is 24.8 Å². The second kappa shape index (κ2) is 9.08.